The lowest BCUT2D eigenvalue weighted by Gasteiger charge is -2.35. The van der Waals surface area contributed by atoms with Crippen LogP contribution in [0.2, 0.25) is 0 Å². The predicted octanol–water partition coefficient (Wildman–Crippen LogP) is 2.49. The molecule has 0 radical (unpaired) electrons. The van der Waals surface area contributed by atoms with Crippen LogP contribution >= 0.6 is 11.3 Å². The molecular weight excluding hydrogens is 344 g/mol. The van der Waals surface area contributed by atoms with Gasteiger partial charge < -0.3 is 15.5 Å². The Morgan fingerprint density at radius 2 is 2.00 bits per heavy atom. The van der Waals surface area contributed by atoms with Crippen molar-refractivity contribution in [2.24, 2.45) is 5.73 Å². The zero-order valence-electron chi connectivity index (χ0n) is 15.5. The summed E-state index contributed by atoms with van der Waals surface area (Å²) in [5.74, 6) is 0.165. The number of aromatic nitrogens is 1. The highest BCUT2D eigenvalue weighted by Gasteiger charge is 2.18. The van der Waals surface area contributed by atoms with Crippen molar-refractivity contribution < 1.29 is 4.79 Å². The Hall–Kier alpha value is -1.92. The van der Waals surface area contributed by atoms with Gasteiger partial charge in [0.2, 0.25) is 5.91 Å². The second-order valence-electron chi connectivity index (χ2n) is 6.81. The molecule has 0 aliphatic carbocycles. The average Bonchev–Trinajstić information content (AvgIpc) is 3.13. The minimum Gasteiger partial charge on any atom is -0.367 e. The van der Waals surface area contributed by atoms with Crippen molar-refractivity contribution in [2.75, 3.05) is 37.6 Å². The first kappa shape index (κ1) is 18.9. The third-order valence-corrected chi connectivity index (χ3v) is 5.95. The quantitative estimate of drug-likeness (QED) is 0.811. The summed E-state index contributed by atoms with van der Waals surface area (Å²) in [6.07, 6.45) is 6.11. The van der Waals surface area contributed by atoms with Gasteiger partial charge in [0.1, 0.15) is 0 Å². The normalized spacial score (nSPS) is 14.7. The number of carbonyl (C=O) groups is 1. The van der Waals surface area contributed by atoms with Crippen LogP contribution in [0, 0.1) is 0 Å². The summed E-state index contributed by atoms with van der Waals surface area (Å²) in [4.78, 5) is 21.7. The first-order chi connectivity index (χ1) is 12.7. The molecule has 140 valence electrons. The van der Waals surface area contributed by atoms with Crippen molar-refractivity contribution in [2.45, 2.75) is 32.6 Å². The van der Waals surface area contributed by atoms with Gasteiger partial charge in [-0.05, 0) is 61.4 Å². The van der Waals surface area contributed by atoms with E-state index in [2.05, 4.69) is 33.5 Å². The maximum Gasteiger partial charge on any atom is 0.219 e. The first-order valence-electron chi connectivity index (χ1n) is 9.37. The summed E-state index contributed by atoms with van der Waals surface area (Å²) >= 11 is 1.84. The summed E-state index contributed by atoms with van der Waals surface area (Å²) < 4.78 is 0. The van der Waals surface area contributed by atoms with Crippen molar-refractivity contribution in [3.05, 3.63) is 45.9 Å². The smallest absolute Gasteiger partial charge is 0.219 e. The highest BCUT2D eigenvalue weighted by atomic mass is 32.1. The Morgan fingerprint density at radius 3 is 2.65 bits per heavy atom. The van der Waals surface area contributed by atoms with Gasteiger partial charge in [-0.25, -0.2) is 0 Å². The standard InChI is InChI=1S/C20H28N4OS/c1-16(25)23-9-11-24(12-10-23)19-7-6-18(22-14-19)5-4-17-13-20(26-15-17)3-2-8-21/h6-7,13-15H,2-5,8-12,21H2,1H3. The minimum absolute atomic E-state index is 0.165. The van der Waals surface area contributed by atoms with E-state index in [1.807, 2.05) is 22.4 Å². The summed E-state index contributed by atoms with van der Waals surface area (Å²) in [5, 5.41) is 2.26. The summed E-state index contributed by atoms with van der Waals surface area (Å²) in [5.41, 5.74) is 9.26. The number of rotatable bonds is 7. The van der Waals surface area contributed by atoms with Crippen LogP contribution in [-0.2, 0) is 24.1 Å². The maximum atomic E-state index is 11.4. The number of nitrogens with two attached hydrogens (primary N) is 1. The summed E-state index contributed by atoms with van der Waals surface area (Å²) in [7, 11) is 0. The lowest BCUT2D eigenvalue weighted by atomic mass is 10.1. The van der Waals surface area contributed by atoms with Gasteiger partial charge in [0.15, 0.2) is 0 Å². The molecule has 0 saturated carbocycles. The molecule has 0 aromatic carbocycles. The molecule has 2 N–H and O–H groups in total. The molecule has 2 aromatic heterocycles. The van der Waals surface area contributed by atoms with Gasteiger partial charge in [-0.1, -0.05) is 0 Å². The van der Waals surface area contributed by atoms with Crippen LogP contribution in [0.15, 0.2) is 29.8 Å². The molecule has 2 aromatic rings. The van der Waals surface area contributed by atoms with Gasteiger partial charge in [-0.15, -0.1) is 11.3 Å². The molecule has 0 spiro atoms. The van der Waals surface area contributed by atoms with Crippen molar-refractivity contribution in [1.82, 2.24) is 9.88 Å². The molecule has 1 aliphatic heterocycles. The van der Waals surface area contributed by atoms with E-state index in [9.17, 15) is 4.79 Å². The zero-order chi connectivity index (χ0) is 18.4. The largest absolute Gasteiger partial charge is 0.367 e. The number of pyridine rings is 1. The predicted molar refractivity (Wildman–Crippen MR) is 108 cm³/mol. The lowest BCUT2D eigenvalue weighted by Crippen LogP contribution is -2.48. The topological polar surface area (TPSA) is 62.5 Å². The number of anilines is 1. The van der Waals surface area contributed by atoms with E-state index >= 15 is 0 Å². The lowest BCUT2D eigenvalue weighted by molar-refractivity contribution is -0.129. The average molecular weight is 373 g/mol. The van der Waals surface area contributed by atoms with Crippen LogP contribution in [-0.4, -0.2) is 48.5 Å². The highest BCUT2D eigenvalue weighted by molar-refractivity contribution is 7.10. The van der Waals surface area contributed by atoms with Crippen LogP contribution in [0.25, 0.3) is 0 Å². The molecule has 5 nitrogen and oxygen atoms in total. The molecule has 0 atom stereocenters. The number of hydrogen-bond donors (Lipinski definition) is 1. The van der Waals surface area contributed by atoms with Crippen LogP contribution in [0.3, 0.4) is 0 Å². The Morgan fingerprint density at radius 1 is 1.19 bits per heavy atom. The number of nitrogens with zero attached hydrogens (tertiary/aromatic N) is 3. The van der Waals surface area contributed by atoms with Gasteiger partial charge in [-0.2, -0.15) is 0 Å². The molecule has 3 heterocycles. The fourth-order valence-corrected chi connectivity index (χ4v) is 4.24. The van der Waals surface area contributed by atoms with E-state index in [1.165, 1.54) is 10.4 Å². The fourth-order valence-electron chi connectivity index (χ4n) is 3.27. The molecule has 0 unspecified atom stereocenters. The van der Waals surface area contributed by atoms with Gasteiger partial charge in [-0.3, -0.25) is 9.78 Å². The number of piperazine rings is 1. The number of amides is 1. The van der Waals surface area contributed by atoms with Crippen LogP contribution < -0.4 is 10.6 Å². The first-order valence-corrected chi connectivity index (χ1v) is 10.3. The van der Waals surface area contributed by atoms with E-state index in [1.54, 1.807) is 6.92 Å². The number of hydrogen-bond acceptors (Lipinski definition) is 5. The Bertz CT molecular complexity index is 705. The third kappa shape index (κ3) is 5.05. The molecular formula is C20H28N4OS. The van der Waals surface area contributed by atoms with Crippen LogP contribution in [0.4, 0.5) is 5.69 Å². The Balaban J connectivity index is 1.49. The number of thiophene rings is 1. The number of carbonyl (C=O) groups excluding carboxylic acids is 1. The van der Waals surface area contributed by atoms with E-state index in [4.69, 9.17) is 5.73 Å². The maximum absolute atomic E-state index is 11.4. The van der Waals surface area contributed by atoms with E-state index < -0.39 is 0 Å². The Labute approximate surface area is 159 Å². The molecule has 1 fully saturated rings. The van der Waals surface area contributed by atoms with Gasteiger partial charge in [0.05, 0.1) is 11.9 Å². The van der Waals surface area contributed by atoms with E-state index in [0.717, 1.165) is 69.8 Å². The molecule has 1 saturated heterocycles. The van der Waals surface area contributed by atoms with Gasteiger partial charge in [0, 0.05) is 43.7 Å². The second-order valence-corrected chi connectivity index (χ2v) is 7.81. The van der Waals surface area contributed by atoms with Crippen molar-refractivity contribution in [3.63, 3.8) is 0 Å². The van der Waals surface area contributed by atoms with E-state index in [-0.39, 0.29) is 5.91 Å². The molecule has 6 heteroatoms. The highest BCUT2D eigenvalue weighted by Crippen LogP contribution is 2.19. The van der Waals surface area contributed by atoms with Crippen LogP contribution in [0.5, 0.6) is 0 Å². The molecule has 3 rings (SSSR count). The van der Waals surface area contributed by atoms with Crippen molar-refractivity contribution >= 4 is 22.9 Å². The monoisotopic (exact) mass is 372 g/mol. The zero-order valence-corrected chi connectivity index (χ0v) is 16.3. The number of aryl methyl sites for hydroxylation is 3. The van der Waals surface area contributed by atoms with Crippen LogP contribution in [0.1, 0.15) is 29.5 Å². The van der Waals surface area contributed by atoms with Crippen molar-refractivity contribution in [1.29, 1.82) is 0 Å². The summed E-state index contributed by atoms with van der Waals surface area (Å²) in [6, 6.07) is 6.60. The molecule has 1 aliphatic rings. The third-order valence-electron chi connectivity index (χ3n) is 4.90. The fraction of sp³-hybridized carbons (Fsp3) is 0.500. The SMILES string of the molecule is CC(=O)N1CCN(c2ccc(CCc3csc(CCCN)c3)nc2)CC1. The molecule has 0 bridgehead atoms. The second kappa shape index (κ2) is 9.14. The Kier molecular flexibility index (Phi) is 6.63. The van der Waals surface area contributed by atoms with Crippen molar-refractivity contribution in [3.8, 4) is 0 Å². The minimum atomic E-state index is 0.165. The molecule has 1 amide bonds. The van der Waals surface area contributed by atoms with E-state index in [0.29, 0.717) is 0 Å². The van der Waals surface area contributed by atoms with Gasteiger partial charge in [0.25, 0.3) is 0 Å². The summed E-state index contributed by atoms with van der Waals surface area (Å²) in [6.45, 7) is 5.74. The molecule has 26 heavy (non-hydrogen) atoms. The van der Waals surface area contributed by atoms with Gasteiger partial charge >= 0.3 is 0 Å².